The Bertz CT molecular complexity index is 706. The molecule has 1 aromatic carbocycles. The lowest BCUT2D eigenvalue weighted by Crippen LogP contribution is -2.38. The van der Waals surface area contributed by atoms with Crippen molar-refractivity contribution in [3.63, 3.8) is 0 Å². The fraction of sp³-hybridized carbons (Fsp3) is 0.375. The number of aliphatic imine (C=N–C) groups is 2. The first-order valence-corrected chi connectivity index (χ1v) is 9.23. The first-order valence-electron chi connectivity index (χ1n) is 7.36. The van der Waals surface area contributed by atoms with Gasteiger partial charge in [0.2, 0.25) is 0 Å². The summed E-state index contributed by atoms with van der Waals surface area (Å²) in [5.41, 5.74) is 3.81. The Hall–Kier alpha value is -1.40. The predicted molar refractivity (Wildman–Crippen MR) is 96.7 cm³/mol. The molecule has 114 valence electrons. The fourth-order valence-electron chi connectivity index (χ4n) is 2.63. The number of amidine groups is 2. The summed E-state index contributed by atoms with van der Waals surface area (Å²) < 4.78 is 0. The maximum absolute atomic E-state index is 4.76. The number of thioether (sulfide) groups is 2. The van der Waals surface area contributed by atoms with E-state index in [4.69, 9.17) is 4.99 Å². The van der Waals surface area contributed by atoms with Crippen molar-refractivity contribution in [3.05, 3.63) is 40.9 Å². The summed E-state index contributed by atoms with van der Waals surface area (Å²) in [5, 5.41) is 7.84. The zero-order valence-corrected chi connectivity index (χ0v) is 14.3. The second-order valence-electron chi connectivity index (χ2n) is 6.26. The molecule has 4 nitrogen and oxygen atoms in total. The molecule has 6 heteroatoms. The van der Waals surface area contributed by atoms with E-state index in [1.54, 1.807) is 23.5 Å². The third-order valence-corrected chi connectivity index (χ3v) is 5.69. The van der Waals surface area contributed by atoms with E-state index in [0.717, 1.165) is 34.9 Å². The van der Waals surface area contributed by atoms with Crippen molar-refractivity contribution in [1.82, 2.24) is 10.2 Å². The molecule has 0 unspecified atom stereocenters. The third kappa shape index (κ3) is 2.65. The van der Waals surface area contributed by atoms with E-state index in [-0.39, 0.29) is 5.54 Å². The first-order chi connectivity index (χ1) is 10.6. The van der Waals surface area contributed by atoms with E-state index in [0.29, 0.717) is 0 Å². The summed E-state index contributed by atoms with van der Waals surface area (Å²) in [4.78, 5) is 11.7. The van der Waals surface area contributed by atoms with Crippen LogP contribution in [-0.2, 0) is 6.54 Å². The molecule has 0 fully saturated rings. The van der Waals surface area contributed by atoms with Gasteiger partial charge >= 0.3 is 0 Å². The van der Waals surface area contributed by atoms with Gasteiger partial charge in [0.15, 0.2) is 10.3 Å². The minimum absolute atomic E-state index is 0.0951. The number of rotatable bonds is 2. The van der Waals surface area contributed by atoms with Crippen LogP contribution < -0.4 is 5.32 Å². The maximum atomic E-state index is 4.76. The van der Waals surface area contributed by atoms with Crippen LogP contribution in [0, 0.1) is 0 Å². The van der Waals surface area contributed by atoms with Gasteiger partial charge in [-0.25, -0.2) is 4.99 Å². The summed E-state index contributed by atoms with van der Waals surface area (Å²) in [6.07, 6.45) is 0. The molecule has 3 aliphatic rings. The first kappa shape index (κ1) is 14.2. The molecule has 22 heavy (non-hydrogen) atoms. The molecule has 0 saturated heterocycles. The lowest BCUT2D eigenvalue weighted by molar-refractivity contribution is 0.507. The fourth-order valence-corrected chi connectivity index (χ4v) is 4.67. The summed E-state index contributed by atoms with van der Waals surface area (Å²) in [7, 11) is 0. The second kappa shape index (κ2) is 5.35. The molecule has 0 atom stereocenters. The maximum Gasteiger partial charge on any atom is 0.173 e. The molecule has 1 N–H and O–H groups in total. The van der Waals surface area contributed by atoms with E-state index < -0.39 is 0 Å². The van der Waals surface area contributed by atoms with Crippen LogP contribution in [0.4, 0.5) is 5.69 Å². The highest BCUT2D eigenvalue weighted by Gasteiger charge is 2.29. The van der Waals surface area contributed by atoms with Crippen LogP contribution >= 0.6 is 23.5 Å². The molecular weight excluding hydrogens is 312 g/mol. The second-order valence-corrected chi connectivity index (χ2v) is 8.06. The number of hydrogen-bond donors (Lipinski definition) is 1. The van der Waals surface area contributed by atoms with Gasteiger partial charge < -0.3 is 10.2 Å². The van der Waals surface area contributed by atoms with Crippen molar-refractivity contribution in [2.75, 3.05) is 12.3 Å². The molecule has 0 aliphatic carbocycles. The number of para-hydroxylation sites is 1. The molecular formula is C16H18N4S2. The predicted octanol–water partition coefficient (Wildman–Crippen LogP) is 3.55. The molecule has 1 aromatic rings. The lowest BCUT2D eigenvalue weighted by atomic mass is 10.1. The van der Waals surface area contributed by atoms with Crippen molar-refractivity contribution in [2.24, 2.45) is 9.98 Å². The molecule has 0 amide bonds. The largest absolute Gasteiger partial charge is 0.358 e. The number of hydrogen-bond acceptors (Lipinski definition) is 6. The Balaban J connectivity index is 1.44. The topological polar surface area (TPSA) is 40.0 Å². The van der Waals surface area contributed by atoms with Gasteiger partial charge in [-0.2, -0.15) is 0 Å². The van der Waals surface area contributed by atoms with E-state index in [1.165, 1.54) is 11.3 Å². The van der Waals surface area contributed by atoms with Crippen LogP contribution in [0.5, 0.6) is 0 Å². The molecule has 0 bridgehead atoms. The molecule has 0 aromatic heterocycles. The van der Waals surface area contributed by atoms with Crippen LogP contribution in [-0.4, -0.2) is 33.1 Å². The van der Waals surface area contributed by atoms with Gasteiger partial charge in [-0.15, -0.1) is 0 Å². The minimum Gasteiger partial charge on any atom is -0.358 e. The standard InChI is InChI=1S/C16H18N4S2/c1-16(2)10-17-14(19-16)21-8-12-9-22-15-18-13-6-4-3-5-11(13)7-20(12)15/h3-6,9H,7-8,10H2,1-2H3,(H,17,19). The average molecular weight is 330 g/mol. The Morgan fingerprint density at radius 1 is 1.36 bits per heavy atom. The summed E-state index contributed by atoms with van der Waals surface area (Å²) in [6.45, 7) is 6.13. The Kier molecular flexibility index (Phi) is 3.46. The van der Waals surface area contributed by atoms with Gasteiger partial charge in [0.05, 0.1) is 24.3 Å². The van der Waals surface area contributed by atoms with Gasteiger partial charge in [0.1, 0.15) is 0 Å². The van der Waals surface area contributed by atoms with Crippen LogP contribution in [0.3, 0.4) is 0 Å². The van der Waals surface area contributed by atoms with Crippen LogP contribution in [0.2, 0.25) is 0 Å². The Labute approximate surface area is 139 Å². The van der Waals surface area contributed by atoms with Crippen LogP contribution in [0.25, 0.3) is 0 Å². The van der Waals surface area contributed by atoms with Gasteiger partial charge in [-0.05, 0) is 30.9 Å². The van der Waals surface area contributed by atoms with Gasteiger partial charge in [0, 0.05) is 11.4 Å². The van der Waals surface area contributed by atoms with Crippen molar-refractivity contribution < 1.29 is 0 Å². The van der Waals surface area contributed by atoms with Crippen molar-refractivity contribution in [1.29, 1.82) is 0 Å². The Morgan fingerprint density at radius 3 is 3.05 bits per heavy atom. The van der Waals surface area contributed by atoms with Gasteiger partial charge in [-0.1, -0.05) is 41.7 Å². The molecule has 3 heterocycles. The smallest absolute Gasteiger partial charge is 0.173 e. The quantitative estimate of drug-likeness (QED) is 0.900. The number of nitrogens with one attached hydrogen (secondary N) is 1. The minimum atomic E-state index is 0.0951. The molecule has 3 aliphatic heterocycles. The lowest BCUT2D eigenvalue weighted by Gasteiger charge is -2.27. The highest BCUT2D eigenvalue weighted by atomic mass is 32.2. The zero-order chi connectivity index (χ0) is 15.2. The number of benzene rings is 1. The molecule has 0 radical (unpaired) electrons. The molecule has 0 saturated carbocycles. The zero-order valence-electron chi connectivity index (χ0n) is 12.7. The number of fused-ring (bicyclic) bond motifs is 2. The Morgan fingerprint density at radius 2 is 2.23 bits per heavy atom. The highest BCUT2D eigenvalue weighted by molar-refractivity contribution is 8.17. The monoisotopic (exact) mass is 330 g/mol. The van der Waals surface area contributed by atoms with E-state index in [9.17, 15) is 0 Å². The van der Waals surface area contributed by atoms with E-state index in [2.05, 4.69) is 52.7 Å². The summed E-state index contributed by atoms with van der Waals surface area (Å²) >= 11 is 3.50. The number of nitrogens with zero attached hydrogens (tertiary/aromatic N) is 3. The van der Waals surface area contributed by atoms with Crippen molar-refractivity contribution in [2.45, 2.75) is 25.9 Å². The van der Waals surface area contributed by atoms with E-state index in [1.807, 2.05) is 6.07 Å². The average Bonchev–Trinajstić information content (AvgIpc) is 3.05. The summed E-state index contributed by atoms with van der Waals surface area (Å²) in [5.74, 6) is 0.927. The SMILES string of the molecule is CC1(C)CN=C(SCC2=CSC3=Nc4ccccc4CN23)N1. The molecule has 4 rings (SSSR count). The van der Waals surface area contributed by atoms with Crippen molar-refractivity contribution in [3.8, 4) is 0 Å². The van der Waals surface area contributed by atoms with Gasteiger partial charge in [-0.3, -0.25) is 4.99 Å². The normalized spacial score (nSPS) is 21.5. The highest BCUT2D eigenvalue weighted by Crippen LogP contribution is 2.37. The summed E-state index contributed by atoms with van der Waals surface area (Å²) in [6, 6.07) is 8.38. The van der Waals surface area contributed by atoms with E-state index >= 15 is 0 Å². The van der Waals surface area contributed by atoms with Crippen LogP contribution in [0.15, 0.2) is 45.4 Å². The third-order valence-electron chi connectivity index (χ3n) is 3.83. The van der Waals surface area contributed by atoms with Crippen LogP contribution in [0.1, 0.15) is 19.4 Å². The van der Waals surface area contributed by atoms with Gasteiger partial charge in [0.25, 0.3) is 0 Å². The molecule has 0 spiro atoms. The van der Waals surface area contributed by atoms with Crippen molar-refractivity contribution >= 4 is 39.5 Å².